The van der Waals surface area contributed by atoms with Gasteiger partial charge in [0.15, 0.2) is 69.8 Å². The van der Waals surface area contributed by atoms with Crippen molar-refractivity contribution in [2.75, 3.05) is 20.2 Å². The molecule has 0 aromatic heterocycles. The molecule has 23 heteroatoms. The molecule has 0 saturated heterocycles. The molecule has 5 rings (SSSR count). The van der Waals surface area contributed by atoms with Crippen LogP contribution in [0.25, 0.3) is 0 Å². The van der Waals surface area contributed by atoms with E-state index in [1.165, 1.54) is 158 Å². The molecule has 0 heterocycles. The normalized spacial score (nSPS) is 12.1. The standard InChI is InChI=1S/C33H61NO.C24BF20/c1-4-6-8-10-12-14-16-18-20-22-24-30-34(3)32-26-28-33(29-27-32)35-31-25-23-21-19-17-15-13-11-9-7-5-2;26-5-1(6(27)14(35)21(42)13(5)34)25(2-7(28)15(36)22(43)16(37)8(2)29,3-9(30)17(38)23(44)18(39)10(3)31)4-11(32)19(40)24(45)20(41)12(4)33/h26-29H,4-25,30-31H2,1-3H3;/q;-1/p+1. The third kappa shape index (κ3) is 15.3. The van der Waals surface area contributed by atoms with Crippen LogP contribution >= 0.6 is 0 Å². The second-order valence-electron chi connectivity index (χ2n) is 19.8. The van der Waals surface area contributed by atoms with Crippen LogP contribution in [0.2, 0.25) is 0 Å². The van der Waals surface area contributed by atoms with Gasteiger partial charge in [-0.1, -0.05) is 136 Å². The molecule has 0 spiro atoms. The highest BCUT2D eigenvalue weighted by Crippen LogP contribution is 2.31. The third-order valence-electron chi connectivity index (χ3n) is 14.2. The van der Waals surface area contributed by atoms with E-state index in [4.69, 9.17) is 4.74 Å². The van der Waals surface area contributed by atoms with Crippen LogP contribution in [0.1, 0.15) is 155 Å². The van der Waals surface area contributed by atoms with E-state index in [1.807, 2.05) is 0 Å². The molecular weight excluding hydrogens is 1110 g/mol. The van der Waals surface area contributed by atoms with Crippen molar-refractivity contribution in [3.05, 3.63) is 141 Å². The monoisotopic (exact) mass is 1170 g/mol. The third-order valence-corrected chi connectivity index (χ3v) is 14.2. The maximum Gasteiger partial charge on any atom is 0.200 e. The zero-order chi connectivity index (χ0) is 59.6. The molecule has 0 amide bonds. The van der Waals surface area contributed by atoms with Crippen LogP contribution in [0.3, 0.4) is 0 Å². The summed E-state index contributed by atoms with van der Waals surface area (Å²) in [6, 6.07) is 8.84. The second-order valence-corrected chi connectivity index (χ2v) is 19.8. The molecule has 1 N–H and O–H groups in total. The lowest BCUT2D eigenvalue weighted by Crippen LogP contribution is -3.03. The number of hydrogen-bond donors (Lipinski definition) is 1. The van der Waals surface area contributed by atoms with Gasteiger partial charge in [-0.3, -0.25) is 0 Å². The molecule has 1 atom stereocenters. The second kappa shape index (κ2) is 31.7. The van der Waals surface area contributed by atoms with Crippen molar-refractivity contribution in [2.24, 2.45) is 0 Å². The van der Waals surface area contributed by atoms with Gasteiger partial charge in [0.2, 0.25) is 0 Å². The molecule has 5 aromatic carbocycles. The average molecular weight is 1170 g/mol. The Bertz CT molecular complexity index is 2450. The zero-order valence-electron chi connectivity index (χ0n) is 44.3. The Morgan fingerprint density at radius 1 is 0.287 bits per heavy atom. The highest BCUT2D eigenvalue weighted by atomic mass is 19.2. The number of hydrogen-bond acceptors (Lipinski definition) is 1. The molecule has 2 nitrogen and oxygen atoms in total. The van der Waals surface area contributed by atoms with Gasteiger partial charge in [0.1, 0.15) is 64.1 Å². The first-order valence-corrected chi connectivity index (χ1v) is 26.8. The minimum atomic E-state index is -7.22. The number of ether oxygens (including phenoxy) is 1. The van der Waals surface area contributed by atoms with Gasteiger partial charge >= 0.3 is 0 Å². The Balaban J connectivity index is 0.000000357. The molecule has 0 fully saturated rings. The van der Waals surface area contributed by atoms with Crippen LogP contribution in [0, 0.1) is 116 Å². The Morgan fingerprint density at radius 3 is 0.750 bits per heavy atom. The molecule has 444 valence electrons. The summed E-state index contributed by atoms with van der Waals surface area (Å²) in [4.78, 5) is 1.53. The predicted molar refractivity (Wildman–Crippen MR) is 265 cm³/mol. The van der Waals surface area contributed by atoms with Gasteiger partial charge < -0.3 is 9.64 Å². The van der Waals surface area contributed by atoms with Crippen molar-refractivity contribution in [2.45, 2.75) is 155 Å². The lowest BCUT2D eigenvalue weighted by molar-refractivity contribution is -0.810. The first-order chi connectivity index (χ1) is 38.0. The SMILES string of the molecule is CCCCCCCCCCCCCOc1ccc([NH+](C)CCCCCCCCCCCCC)cc1.Fc1c(F)c(F)c([B-](c2c(F)c(F)c(F)c(F)c2F)(c2c(F)c(F)c(F)c(F)c2F)c2c(F)c(F)c(F)c(F)c2F)c(F)c1F. The fourth-order valence-electron chi connectivity index (χ4n) is 9.86. The van der Waals surface area contributed by atoms with E-state index in [1.54, 1.807) is 0 Å². The molecule has 80 heavy (non-hydrogen) atoms. The van der Waals surface area contributed by atoms with Gasteiger partial charge in [-0.25, -0.2) is 87.8 Å². The van der Waals surface area contributed by atoms with Gasteiger partial charge in [0, 0.05) is 12.1 Å². The van der Waals surface area contributed by atoms with Crippen molar-refractivity contribution in [3.8, 4) is 5.75 Å². The summed E-state index contributed by atoms with van der Waals surface area (Å²) in [7, 11) is 2.30. The fourth-order valence-corrected chi connectivity index (χ4v) is 9.86. The van der Waals surface area contributed by atoms with E-state index in [-0.39, 0.29) is 0 Å². The van der Waals surface area contributed by atoms with Gasteiger partial charge in [-0.05, 0) is 31.4 Å². The molecule has 0 bridgehead atoms. The molecule has 0 aliphatic heterocycles. The quantitative estimate of drug-likeness (QED) is 0.0159. The molecule has 0 saturated carbocycles. The van der Waals surface area contributed by atoms with Crippen LogP contribution in [0.4, 0.5) is 93.5 Å². The Labute approximate surface area is 451 Å². The van der Waals surface area contributed by atoms with E-state index in [2.05, 4.69) is 45.2 Å². The maximum absolute atomic E-state index is 15.4. The smallest absolute Gasteiger partial charge is 0.200 e. The number of halogens is 20. The van der Waals surface area contributed by atoms with Crippen molar-refractivity contribution >= 4 is 33.7 Å². The van der Waals surface area contributed by atoms with Crippen LogP contribution in [-0.2, 0) is 0 Å². The van der Waals surface area contributed by atoms with E-state index >= 15 is 35.1 Å². The number of unbranched alkanes of at least 4 members (excludes halogenated alkanes) is 20. The van der Waals surface area contributed by atoms with E-state index < -0.39 is 144 Å². The van der Waals surface area contributed by atoms with Crippen molar-refractivity contribution in [3.63, 3.8) is 0 Å². The average Bonchev–Trinajstić information content (AvgIpc) is 3.33. The minimum Gasteiger partial charge on any atom is -0.494 e. The zero-order valence-corrected chi connectivity index (χ0v) is 44.3. The Kier molecular flexibility index (Phi) is 26.5. The summed E-state index contributed by atoms with van der Waals surface area (Å²) < 4.78 is 300. The van der Waals surface area contributed by atoms with E-state index in [0.29, 0.717) is 0 Å². The lowest BCUT2D eigenvalue weighted by Gasteiger charge is -2.44. The van der Waals surface area contributed by atoms with Gasteiger partial charge in [0.05, 0.1) is 20.2 Å². The lowest BCUT2D eigenvalue weighted by atomic mass is 9.12. The van der Waals surface area contributed by atoms with Gasteiger partial charge in [-0.15, -0.1) is 21.9 Å². The summed E-state index contributed by atoms with van der Waals surface area (Å²) in [5.41, 5.74) is -12.9. The van der Waals surface area contributed by atoms with E-state index in [9.17, 15) is 52.7 Å². The van der Waals surface area contributed by atoms with Crippen LogP contribution in [0.5, 0.6) is 5.75 Å². The minimum absolute atomic E-state index is 0.859. The number of rotatable bonds is 30. The van der Waals surface area contributed by atoms with Crippen LogP contribution in [0.15, 0.2) is 24.3 Å². The van der Waals surface area contributed by atoms with Gasteiger partial charge in [0.25, 0.3) is 0 Å². The van der Waals surface area contributed by atoms with Crippen molar-refractivity contribution < 1.29 is 97.4 Å². The number of nitrogens with one attached hydrogen (secondary N) is 1. The highest BCUT2D eigenvalue weighted by Gasteiger charge is 2.52. The Morgan fingerprint density at radius 2 is 0.500 bits per heavy atom. The van der Waals surface area contributed by atoms with Gasteiger partial charge in [-0.2, -0.15) is 0 Å². The fraction of sp³-hybridized carbons (Fsp3) is 0.474. The highest BCUT2D eigenvalue weighted by molar-refractivity contribution is 7.20. The van der Waals surface area contributed by atoms with Crippen LogP contribution in [-0.4, -0.2) is 26.3 Å². The molecule has 5 aromatic rings. The summed E-state index contributed by atoms with van der Waals surface area (Å²) in [6.45, 7) is 6.68. The predicted octanol–water partition coefficient (Wildman–Crippen LogP) is 15.7. The first kappa shape index (κ1) is 67.0. The van der Waals surface area contributed by atoms with Crippen LogP contribution < -0.4 is 31.5 Å². The largest absolute Gasteiger partial charge is 0.494 e. The first-order valence-electron chi connectivity index (χ1n) is 26.8. The number of benzene rings is 5. The summed E-state index contributed by atoms with van der Waals surface area (Å²) in [5.74, 6) is -70.4. The molecule has 1 unspecified atom stereocenters. The molecule has 0 aliphatic rings. The summed E-state index contributed by atoms with van der Waals surface area (Å²) >= 11 is 0. The van der Waals surface area contributed by atoms with Crippen molar-refractivity contribution in [1.29, 1.82) is 0 Å². The summed E-state index contributed by atoms with van der Waals surface area (Å²) in [6.07, 6.45) is 23.5. The molecule has 0 radical (unpaired) electrons. The summed E-state index contributed by atoms with van der Waals surface area (Å²) in [5, 5.41) is 0. The van der Waals surface area contributed by atoms with Crippen molar-refractivity contribution in [1.82, 2.24) is 0 Å². The molecular formula is C57H62BF20NO. The topological polar surface area (TPSA) is 13.7 Å². The van der Waals surface area contributed by atoms with E-state index in [0.717, 1.165) is 12.4 Å². The maximum atomic E-state index is 15.4. The molecule has 0 aliphatic carbocycles. The number of quaternary nitrogens is 1. The Hall–Kier alpha value is -5.48.